The van der Waals surface area contributed by atoms with Gasteiger partial charge in [-0.3, -0.25) is 4.79 Å². The van der Waals surface area contributed by atoms with Gasteiger partial charge in [0.05, 0.1) is 0 Å². The topological polar surface area (TPSA) is 46.3 Å². The highest BCUT2D eigenvalue weighted by Crippen LogP contribution is 2.12. The minimum atomic E-state index is -0.357. The maximum Gasteiger partial charge on any atom is 0.248 e. The molecule has 0 saturated carbocycles. The highest BCUT2D eigenvalue weighted by Gasteiger charge is 2.06. The maximum absolute atomic E-state index is 11.2. The van der Waals surface area contributed by atoms with Crippen molar-refractivity contribution in [3.8, 4) is 0 Å². The second kappa shape index (κ2) is 10.0. The number of aryl methyl sites for hydroxylation is 1. The molecule has 0 aliphatic carbocycles. The zero-order chi connectivity index (χ0) is 13.7. The number of nitrogens with zero attached hydrogens (tertiary/aromatic N) is 1. The second-order valence-corrected chi connectivity index (χ2v) is 5.49. The van der Waals surface area contributed by atoms with Crippen LogP contribution < -0.4 is 5.73 Å². The Morgan fingerprint density at radius 3 is 2.35 bits per heavy atom. The lowest BCUT2D eigenvalue weighted by Crippen LogP contribution is -2.21. The summed E-state index contributed by atoms with van der Waals surface area (Å²) in [6.45, 7) is 8.37. The van der Waals surface area contributed by atoms with Crippen LogP contribution in [0.4, 0.5) is 0 Å². The summed E-state index contributed by atoms with van der Waals surface area (Å²) in [5.74, 6) is 0.357. The van der Waals surface area contributed by atoms with Crippen LogP contribution >= 0.6 is 24.8 Å². The lowest BCUT2D eigenvalue weighted by atomic mass is 10.1. The molecule has 0 unspecified atom stereocenters. The molecule has 1 aromatic rings. The molecule has 0 fully saturated rings. The van der Waals surface area contributed by atoms with E-state index in [0.29, 0.717) is 11.5 Å². The minimum Gasteiger partial charge on any atom is -0.366 e. The summed E-state index contributed by atoms with van der Waals surface area (Å²) in [4.78, 5) is 13.5. The summed E-state index contributed by atoms with van der Waals surface area (Å²) in [5.41, 5.74) is 8.16. The molecule has 1 aromatic carbocycles. The SMILES string of the molecule is Cc1cc(CN(C)CCC(C)C)cc(C(N)=O)c1.Cl.Cl. The van der Waals surface area contributed by atoms with E-state index in [1.807, 2.05) is 19.1 Å². The lowest BCUT2D eigenvalue weighted by Gasteiger charge is -2.18. The molecule has 116 valence electrons. The van der Waals surface area contributed by atoms with Crippen LogP contribution in [0.5, 0.6) is 0 Å². The largest absolute Gasteiger partial charge is 0.366 e. The standard InChI is InChI=1S/C15H24N2O.2ClH/c1-11(2)5-6-17(4)10-13-7-12(3)8-14(9-13)15(16)18;;/h7-9,11H,5-6,10H2,1-4H3,(H2,16,18);2*1H. The first-order chi connectivity index (χ1) is 8.38. The second-order valence-electron chi connectivity index (χ2n) is 5.49. The number of carbonyl (C=O) groups is 1. The molecule has 0 heterocycles. The van der Waals surface area contributed by atoms with Crippen molar-refractivity contribution < 1.29 is 4.79 Å². The van der Waals surface area contributed by atoms with Crippen LogP contribution in [0.15, 0.2) is 18.2 Å². The summed E-state index contributed by atoms with van der Waals surface area (Å²) in [6.07, 6.45) is 1.19. The number of carbonyl (C=O) groups excluding carboxylic acids is 1. The fraction of sp³-hybridized carbons (Fsp3) is 0.533. The van der Waals surface area contributed by atoms with Crippen molar-refractivity contribution in [3.05, 3.63) is 34.9 Å². The molecular formula is C15H26Cl2N2O. The molecule has 0 atom stereocenters. The van der Waals surface area contributed by atoms with E-state index in [-0.39, 0.29) is 30.7 Å². The van der Waals surface area contributed by atoms with Gasteiger partial charge in [-0.2, -0.15) is 0 Å². The van der Waals surface area contributed by atoms with Crippen LogP contribution in [0.1, 0.15) is 41.8 Å². The van der Waals surface area contributed by atoms with Crippen molar-refractivity contribution in [2.24, 2.45) is 11.7 Å². The summed E-state index contributed by atoms with van der Waals surface area (Å²) >= 11 is 0. The van der Waals surface area contributed by atoms with Crippen LogP contribution in [0.25, 0.3) is 0 Å². The Hall–Kier alpha value is -0.770. The summed E-state index contributed by atoms with van der Waals surface area (Å²) in [6, 6.07) is 5.83. The molecule has 0 radical (unpaired) electrons. The van der Waals surface area contributed by atoms with Crippen LogP contribution in [0.2, 0.25) is 0 Å². The first kappa shape index (κ1) is 21.5. The van der Waals surface area contributed by atoms with Crippen LogP contribution in [-0.2, 0) is 6.54 Å². The number of primary amides is 1. The van der Waals surface area contributed by atoms with Crippen molar-refractivity contribution in [2.45, 2.75) is 33.7 Å². The highest BCUT2D eigenvalue weighted by molar-refractivity contribution is 5.93. The number of rotatable bonds is 6. The van der Waals surface area contributed by atoms with Gasteiger partial charge in [-0.15, -0.1) is 24.8 Å². The summed E-state index contributed by atoms with van der Waals surface area (Å²) < 4.78 is 0. The predicted molar refractivity (Wildman–Crippen MR) is 90.0 cm³/mol. The number of hydrogen-bond donors (Lipinski definition) is 1. The van der Waals surface area contributed by atoms with Crippen LogP contribution in [0, 0.1) is 12.8 Å². The van der Waals surface area contributed by atoms with Gasteiger partial charge >= 0.3 is 0 Å². The van der Waals surface area contributed by atoms with Gasteiger partial charge in [0.1, 0.15) is 0 Å². The van der Waals surface area contributed by atoms with E-state index in [2.05, 4.69) is 31.9 Å². The first-order valence-corrected chi connectivity index (χ1v) is 6.47. The molecule has 5 heteroatoms. The lowest BCUT2D eigenvalue weighted by molar-refractivity contribution is 0.1000. The molecule has 0 saturated heterocycles. The van der Waals surface area contributed by atoms with Gasteiger partial charge in [0, 0.05) is 12.1 Å². The monoisotopic (exact) mass is 320 g/mol. The molecule has 0 aliphatic heterocycles. The third kappa shape index (κ3) is 7.73. The average molecular weight is 321 g/mol. The molecule has 0 aliphatic rings. The molecule has 0 aromatic heterocycles. The number of hydrogen-bond acceptors (Lipinski definition) is 2. The number of amides is 1. The van der Waals surface area contributed by atoms with Crippen molar-refractivity contribution in [3.63, 3.8) is 0 Å². The quantitative estimate of drug-likeness (QED) is 0.873. The molecule has 2 N–H and O–H groups in total. The van der Waals surface area contributed by atoms with E-state index >= 15 is 0 Å². The van der Waals surface area contributed by atoms with E-state index in [9.17, 15) is 4.79 Å². The number of nitrogens with two attached hydrogens (primary N) is 1. The van der Waals surface area contributed by atoms with Gasteiger partial charge in [0.2, 0.25) is 5.91 Å². The first-order valence-electron chi connectivity index (χ1n) is 6.47. The van der Waals surface area contributed by atoms with Crippen molar-refractivity contribution in [1.82, 2.24) is 4.90 Å². The maximum atomic E-state index is 11.2. The van der Waals surface area contributed by atoms with Crippen molar-refractivity contribution in [1.29, 1.82) is 0 Å². The Kier molecular flexibility index (Phi) is 10.8. The van der Waals surface area contributed by atoms with E-state index < -0.39 is 0 Å². The Balaban J connectivity index is 0. The van der Waals surface area contributed by atoms with Crippen LogP contribution in [0.3, 0.4) is 0 Å². The van der Waals surface area contributed by atoms with Gasteiger partial charge in [-0.05, 0) is 50.6 Å². The van der Waals surface area contributed by atoms with Gasteiger partial charge in [-0.1, -0.05) is 25.5 Å². The Bertz CT molecular complexity index is 422. The number of benzene rings is 1. The fourth-order valence-electron chi connectivity index (χ4n) is 1.97. The third-order valence-corrected chi connectivity index (χ3v) is 2.96. The smallest absolute Gasteiger partial charge is 0.248 e. The zero-order valence-corrected chi connectivity index (χ0v) is 14.3. The third-order valence-electron chi connectivity index (χ3n) is 2.96. The van der Waals surface area contributed by atoms with Gasteiger partial charge in [-0.25, -0.2) is 0 Å². The van der Waals surface area contributed by atoms with E-state index in [4.69, 9.17) is 5.73 Å². The molecule has 1 rings (SSSR count). The summed E-state index contributed by atoms with van der Waals surface area (Å²) in [7, 11) is 2.11. The normalized spacial score (nSPS) is 10.1. The molecule has 1 amide bonds. The summed E-state index contributed by atoms with van der Waals surface area (Å²) in [5, 5.41) is 0. The van der Waals surface area contributed by atoms with Crippen molar-refractivity contribution >= 4 is 30.7 Å². The van der Waals surface area contributed by atoms with E-state index in [1.165, 1.54) is 6.42 Å². The van der Waals surface area contributed by atoms with Gasteiger partial charge < -0.3 is 10.6 Å². The van der Waals surface area contributed by atoms with Gasteiger partial charge in [0.25, 0.3) is 0 Å². The highest BCUT2D eigenvalue weighted by atomic mass is 35.5. The molecule has 20 heavy (non-hydrogen) atoms. The average Bonchev–Trinajstić information content (AvgIpc) is 2.25. The number of halogens is 2. The van der Waals surface area contributed by atoms with Crippen molar-refractivity contribution in [2.75, 3.05) is 13.6 Å². The molecular weight excluding hydrogens is 295 g/mol. The molecule has 0 spiro atoms. The van der Waals surface area contributed by atoms with E-state index in [1.54, 1.807) is 0 Å². The molecule has 0 bridgehead atoms. The Morgan fingerprint density at radius 2 is 1.85 bits per heavy atom. The Labute approximate surface area is 134 Å². The minimum absolute atomic E-state index is 0. The predicted octanol–water partition coefficient (Wildman–Crippen LogP) is 3.42. The van der Waals surface area contributed by atoms with Gasteiger partial charge in [0.15, 0.2) is 0 Å². The molecule has 3 nitrogen and oxygen atoms in total. The fourth-order valence-corrected chi connectivity index (χ4v) is 1.97. The van der Waals surface area contributed by atoms with Crippen LogP contribution in [-0.4, -0.2) is 24.4 Å². The Morgan fingerprint density at radius 1 is 1.25 bits per heavy atom. The van der Waals surface area contributed by atoms with E-state index in [0.717, 1.165) is 24.2 Å². The zero-order valence-electron chi connectivity index (χ0n) is 12.7.